The Balaban J connectivity index is 2.67. The van der Waals surface area contributed by atoms with Crippen LogP contribution in [0.1, 0.15) is 25.3 Å². The Labute approximate surface area is 84.4 Å². The van der Waals surface area contributed by atoms with Crippen LogP contribution in [-0.4, -0.2) is 23.4 Å². The normalized spacial score (nSPS) is 11.9. The van der Waals surface area contributed by atoms with Crippen molar-refractivity contribution < 1.29 is 14.6 Å². The van der Waals surface area contributed by atoms with E-state index in [1.807, 2.05) is 6.07 Å². The molecule has 0 amide bonds. The fourth-order valence-electron chi connectivity index (χ4n) is 1.76. The molecule has 14 heavy (non-hydrogen) atoms. The number of hydrogen-bond acceptors (Lipinski definition) is 3. The SMILES string of the molecule is CCCC(CO)(CO)Cc1ccoc1. The zero-order valence-corrected chi connectivity index (χ0v) is 8.57. The van der Waals surface area contributed by atoms with E-state index in [1.165, 1.54) is 0 Å². The number of rotatable bonds is 6. The zero-order valence-electron chi connectivity index (χ0n) is 8.57. The lowest BCUT2D eigenvalue weighted by Gasteiger charge is -2.28. The average Bonchev–Trinajstić information content (AvgIpc) is 2.69. The van der Waals surface area contributed by atoms with Crippen molar-refractivity contribution >= 4 is 0 Å². The lowest BCUT2D eigenvalue weighted by molar-refractivity contribution is 0.0465. The molecule has 80 valence electrons. The van der Waals surface area contributed by atoms with Crippen molar-refractivity contribution in [2.45, 2.75) is 26.2 Å². The molecule has 0 aliphatic carbocycles. The topological polar surface area (TPSA) is 53.6 Å². The fourth-order valence-corrected chi connectivity index (χ4v) is 1.76. The molecule has 0 fully saturated rings. The highest BCUT2D eigenvalue weighted by molar-refractivity contribution is 5.08. The van der Waals surface area contributed by atoms with Gasteiger partial charge in [-0.3, -0.25) is 0 Å². The Bertz CT molecular complexity index is 237. The van der Waals surface area contributed by atoms with E-state index < -0.39 is 5.41 Å². The van der Waals surface area contributed by atoms with E-state index in [2.05, 4.69) is 6.92 Å². The Kier molecular flexibility index (Phi) is 4.17. The number of furan rings is 1. The van der Waals surface area contributed by atoms with Crippen LogP contribution in [0.15, 0.2) is 23.0 Å². The van der Waals surface area contributed by atoms with Gasteiger partial charge in [0.15, 0.2) is 0 Å². The third-order valence-electron chi connectivity index (χ3n) is 2.61. The molecule has 0 atom stereocenters. The third-order valence-corrected chi connectivity index (χ3v) is 2.61. The molecule has 0 radical (unpaired) electrons. The minimum absolute atomic E-state index is 0.0164. The second-order valence-electron chi connectivity index (χ2n) is 3.87. The van der Waals surface area contributed by atoms with Gasteiger partial charge in [-0.2, -0.15) is 0 Å². The van der Waals surface area contributed by atoms with E-state index in [0.717, 1.165) is 18.4 Å². The zero-order chi connectivity index (χ0) is 10.4. The van der Waals surface area contributed by atoms with Crippen LogP contribution in [0.4, 0.5) is 0 Å². The molecule has 3 heteroatoms. The number of aliphatic hydroxyl groups excluding tert-OH is 2. The van der Waals surface area contributed by atoms with Crippen LogP contribution < -0.4 is 0 Å². The minimum Gasteiger partial charge on any atom is -0.472 e. The van der Waals surface area contributed by atoms with E-state index >= 15 is 0 Å². The van der Waals surface area contributed by atoms with Gasteiger partial charge in [-0.15, -0.1) is 0 Å². The van der Waals surface area contributed by atoms with Gasteiger partial charge in [-0.1, -0.05) is 13.3 Å². The maximum atomic E-state index is 9.32. The van der Waals surface area contributed by atoms with Gasteiger partial charge in [-0.05, 0) is 24.5 Å². The Morgan fingerprint density at radius 3 is 2.50 bits per heavy atom. The summed E-state index contributed by atoms with van der Waals surface area (Å²) in [7, 11) is 0. The molecule has 0 unspecified atom stereocenters. The monoisotopic (exact) mass is 198 g/mol. The summed E-state index contributed by atoms with van der Waals surface area (Å²) < 4.78 is 4.96. The average molecular weight is 198 g/mol. The predicted molar refractivity (Wildman–Crippen MR) is 53.9 cm³/mol. The molecule has 1 rings (SSSR count). The predicted octanol–water partition coefficient (Wildman–Crippen LogP) is 1.59. The largest absolute Gasteiger partial charge is 0.472 e. The van der Waals surface area contributed by atoms with Crippen LogP contribution in [0, 0.1) is 5.41 Å². The molecule has 0 saturated heterocycles. The van der Waals surface area contributed by atoms with Gasteiger partial charge in [0.2, 0.25) is 0 Å². The van der Waals surface area contributed by atoms with Crippen LogP contribution in [0.2, 0.25) is 0 Å². The van der Waals surface area contributed by atoms with Crippen LogP contribution in [0.5, 0.6) is 0 Å². The molecule has 2 N–H and O–H groups in total. The first kappa shape index (κ1) is 11.3. The summed E-state index contributed by atoms with van der Waals surface area (Å²) in [5, 5.41) is 18.6. The van der Waals surface area contributed by atoms with Crippen molar-refractivity contribution in [1.29, 1.82) is 0 Å². The van der Waals surface area contributed by atoms with Gasteiger partial charge in [0, 0.05) is 5.41 Å². The second-order valence-corrected chi connectivity index (χ2v) is 3.87. The van der Waals surface area contributed by atoms with Crippen molar-refractivity contribution in [3.05, 3.63) is 24.2 Å². The maximum Gasteiger partial charge on any atom is 0.0934 e. The summed E-state index contributed by atoms with van der Waals surface area (Å²) in [5.74, 6) is 0. The lowest BCUT2D eigenvalue weighted by Crippen LogP contribution is -2.32. The van der Waals surface area contributed by atoms with Crippen LogP contribution >= 0.6 is 0 Å². The first-order valence-corrected chi connectivity index (χ1v) is 4.99. The summed E-state index contributed by atoms with van der Waals surface area (Å²) in [5.41, 5.74) is 0.639. The van der Waals surface area contributed by atoms with Gasteiger partial charge in [-0.25, -0.2) is 0 Å². The first-order valence-electron chi connectivity index (χ1n) is 4.99. The highest BCUT2D eigenvalue weighted by Crippen LogP contribution is 2.27. The van der Waals surface area contributed by atoms with Gasteiger partial charge in [0.25, 0.3) is 0 Å². The van der Waals surface area contributed by atoms with Gasteiger partial charge >= 0.3 is 0 Å². The molecular weight excluding hydrogens is 180 g/mol. The third kappa shape index (κ3) is 2.59. The standard InChI is InChI=1S/C11H18O3/c1-2-4-11(8-12,9-13)6-10-3-5-14-7-10/h3,5,7,12-13H,2,4,6,8-9H2,1H3. The summed E-state index contributed by atoms with van der Waals surface area (Å²) in [4.78, 5) is 0. The molecule has 0 aromatic carbocycles. The van der Waals surface area contributed by atoms with E-state index in [0.29, 0.717) is 6.42 Å². The Hall–Kier alpha value is -0.800. The minimum atomic E-state index is -0.390. The van der Waals surface area contributed by atoms with E-state index in [4.69, 9.17) is 4.42 Å². The van der Waals surface area contributed by atoms with Crippen molar-refractivity contribution in [2.24, 2.45) is 5.41 Å². The van der Waals surface area contributed by atoms with Gasteiger partial charge in [0.1, 0.15) is 0 Å². The molecule has 0 aliphatic rings. The highest BCUT2D eigenvalue weighted by atomic mass is 16.3. The molecule has 0 saturated carbocycles. The summed E-state index contributed by atoms with van der Waals surface area (Å²) in [6.07, 6.45) is 5.73. The van der Waals surface area contributed by atoms with E-state index in [9.17, 15) is 10.2 Å². The van der Waals surface area contributed by atoms with E-state index in [-0.39, 0.29) is 13.2 Å². The quantitative estimate of drug-likeness (QED) is 0.730. The first-order chi connectivity index (χ1) is 6.76. The molecule has 0 aliphatic heterocycles. The lowest BCUT2D eigenvalue weighted by atomic mass is 9.80. The molecule has 0 spiro atoms. The molecule has 1 heterocycles. The maximum absolute atomic E-state index is 9.32. The number of aliphatic hydroxyl groups is 2. The summed E-state index contributed by atoms with van der Waals surface area (Å²) in [6.45, 7) is 2.08. The van der Waals surface area contributed by atoms with Crippen LogP contribution in [-0.2, 0) is 6.42 Å². The van der Waals surface area contributed by atoms with Gasteiger partial charge in [0.05, 0.1) is 25.7 Å². The van der Waals surface area contributed by atoms with Crippen molar-refractivity contribution in [1.82, 2.24) is 0 Å². The summed E-state index contributed by atoms with van der Waals surface area (Å²) in [6, 6.07) is 1.87. The van der Waals surface area contributed by atoms with Crippen molar-refractivity contribution in [3.8, 4) is 0 Å². The molecular formula is C11H18O3. The molecule has 1 aromatic rings. The Morgan fingerprint density at radius 2 is 2.07 bits per heavy atom. The van der Waals surface area contributed by atoms with Crippen molar-refractivity contribution in [2.75, 3.05) is 13.2 Å². The molecule has 1 aromatic heterocycles. The number of hydrogen-bond donors (Lipinski definition) is 2. The fraction of sp³-hybridized carbons (Fsp3) is 0.636. The highest BCUT2D eigenvalue weighted by Gasteiger charge is 2.28. The smallest absolute Gasteiger partial charge is 0.0934 e. The Morgan fingerprint density at radius 1 is 1.36 bits per heavy atom. The summed E-state index contributed by atoms with van der Waals surface area (Å²) >= 11 is 0. The van der Waals surface area contributed by atoms with Crippen molar-refractivity contribution in [3.63, 3.8) is 0 Å². The van der Waals surface area contributed by atoms with Crippen LogP contribution in [0.25, 0.3) is 0 Å². The van der Waals surface area contributed by atoms with E-state index in [1.54, 1.807) is 12.5 Å². The molecule has 3 nitrogen and oxygen atoms in total. The second kappa shape index (κ2) is 5.17. The molecule has 0 bridgehead atoms. The van der Waals surface area contributed by atoms with Gasteiger partial charge < -0.3 is 14.6 Å². The van der Waals surface area contributed by atoms with Crippen LogP contribution in [0.3, 0.4) is 0 Å².